The number of methoxy groups -OCH3 is 1. The van der Waals surface area contributed by atoms with Crippen LogP contribution in [0.3, 0.4) is 0 Å². The summed E-state index contributed by atoms with van der Waals surface area (Å²) in [5.41, 5.74) is 8.27. The van der Waals surface area contributed by atoms with Crippen molar-refractivity contribution in [1.29, 1.82) is 0 Å². The molecule has 0 aliphatic heterocycles. The highest BCUT2D eigenvalue weighted by molar-refractivity contribution is 6.31. The van der Waals surface area contributed by atoms with Gasteiger partial charge in [-0.3, -0.25) is 0 Å². The number of nitrogens with two attached hydrogens (primary N) is 1. The van der Waals surface area contributed by atoms with Gasteiger partial charge in [0.15, 0.2) is 0 Å². The Morgan fingerprint density at radius 3 is 2.25 bits per heavy atom. The van der Waals surface area contributed by atoms with Gasteiger partial charge in [0.1, 0.15) is 5.75 Å². The second-order valence-corrected chi connectivity index (χ2v) is 5.32. The minimum Gasteiger partial charge on any atom is -0.496 e. The highest BCUT2D eigenvalue weighted by atomic mass is 35.5. The summed E-state index contributed by atoms with van der Waals surface area (Å²) in [6.45, 7) is 0.628. The highest BCUT2D eigenvalue weighted by Gasteiger charge is 2.13. The molecule has 2 aromatic rings. The van der Waals surface area contributed by atoms with E-state index in [0.717, 1.165) is 29.2 Å². The summed E-state index contributed by atoms with van der Waals surface area (Å²) in [7, 11) is 1.70. The lowest BCUT2D eigenvalue weighted by molar-refractivity contribution is 0.404. The Balaban J connectivity index is 2.11. The lowest BCUT2D eigenvalue weighted by Crippen LogP contribution is -2.19. The molecule has 0 saturated heterocycles. The third kappa shape index (κ3) is 3.75. The van der Waals surface area contributed by atoms with Crippen LogP contribution in [-0.4, -0.2) is 13.7 Å². The zero-order chi connectivity index (χ0) is 14.4. The quantitative estimate of drug-likeness (QED) is 0.880. The number of hydrogen-bond acceptors (Lipinski definition) is 2. The first-order valence-electron chi connectivity index (χ1n) is 6.80. The number of hydrogen-bond donors (Lipinski definition) is 1. The van der Waals surface area contributed by atoms with Gasteiger partial charge in [-0.1, -0.05) is 48.0 Å². The maximum Gasteiger partial charge on any atom is 0.122 e. The first-order valence-corrected chi connectivity index (χ1v) is 7.17. The molecule has 0 radical (unpaired) electrons. The van der Waals surface area contributed by atoms with Crippen LogP contribution < -0.4 is 10.5 Å². The topological polar surface area (TPSA) is 35.2 Å². The van der Waals surface area contributed by atoms with Gasteiger partial charge in [0, 0.05) is 5.02 Å². The molecule has 0 aromatic heterocycles. The normalized spacial score (nSPS) is 12.2. The van der Waals surface area contributed by atoms with E-state index in [1.807, 2.05) is 36.4 Å². The van der Waals surface area contributed by atoms with Crippen LogP contribution in [0.4, 0.5) is 0 Å². The Morgan fingerprint density at radius 1 is 1.00 bits per heavy atom. The molecule has 1 unspecified atom stereocenters. The number of benzene rings is 2. The fraction of sp³-hybridized carbons (Fsp3) is 0.294. The Hall–Kier alpha value is -1.51. The summed E-state index contributed by atoms with van der Waals surface area (Å²) >= 11 is 6.22. The molecule has 2 N–H and O–H groups in total. The number of rotatable bonds is 6. The Labute approximate surface area is 125 Å². The number of para-hydroxylation sites is 1. The minimum absolute atomic E-state index is 0.353. The maximum absolute atomic E-state index is 6.22. The number of halogens is 1. The van der Waals surface area contributed by atoms with E-state index in [4.69, 9.17) is 22.1 Å². The van der Waals surface area contributed by atoms with Crippen molar-refractivity contribution in [2.45, 2.75) is 12.8 Å². The maximum atomic E-state index is 6.22. The Kier molecular flexibility index (Phi) is 5.45. The van der Waals surface area contributed by atoms with E-state index in [1.165, 1.54) is 5.56 Å². The van der Waals surface area contributed by atoms with E-state index in [2.05, 4.69) is 12.1 Å². The summed E-state index contributed by atoms with van der Waals surface area (Å²) in [5, 5.41) is 0.811. The van der Waals surface area contributed by atoms with Crippen LogP contribution in [0.25, 0.3) is 0 Å². The van der Waals surface area contributed by atoms with Crippen molar-refractivity contribution in [3.63, 3.8) is 0 Å². The van der Waals surface area contributed by atoms with Crippen LogP contribution in [-0.2, 0) is 12.8 Å². The summed E-state index contributed by atoms with van der Waals surface area (Å²) in [6, 6.07) is 16.0. The summed E-state index contributed by atoms with van der Waals surface area (Å²) in [4.78, 5) is 0. The van der Waals surface area contributed by atoms with Gasteiger partial charge in [-0.15, -0.1) is 0 Å². The molecule has 0 heterocycles. The smallest absolute Gasteiger partial charge is 0.122 e. The summed E-state index contributed by atoms with van der Waals surface area (Å²) in [5.74, 6) is 1.27. The Bertz CT molecular complexity index is 556. The molecule has 0 saturated carbocycles. The highest BCUT2D eigenvalue weighted by Crippen LogP contribution is 2.24. The third-order valence-corrected chi connectivity index (χ3v) is 3.87. The predicted octanol–water partition coefficient (Wildman–Crippen LogP) is 3.71. The van der Waals surface area contributed by atoms with Crippen molar-refractivity contribution in [3.05, 3.63) is 64.7 Å². The summed E-state index contributed by atoms with van der Waals surface area (Å²) in [6.07, 6.45) is 1.78. The molecule has 0 amide bonds. The second kappa shape index (κ2) is 7.32. The van der Waals surface area contributed by atoms with E-state index in [9.17, 15) is 0 Å². The van der Waals surface area contributed by atoms with Crippen LogP contribution >= 0.6 is 11.6 Å². The number of ether oxygens (including phenoxy) is 1. The lowest BCUT2D eigenvalue weighted by Gasteiger charge is -2.17. The van der Waals surface area contributed by atoms with Crippen molar-refractivity contribution >= 4 is 11.6 Å². The van der Waals surface area contributed by atoms with Gasteiger partial charge in [0.2, 0.25) is 0 Å². The van der Waals surface area contributed by atoms with Gasteiger partial charge >= 0.3 is 0 Å². The molecule has 2 rings (SSSR count). The fourth-order valence-electron chi connectivity index (χ4n) is 2.40. The molecular weight excluding hydrogens is 270 g/mol. The molecule has 0 fully saturated rings. The van der Waals surface area contributed by atoms with Crippen LogP contribution in [0.5, 0.6) is 5.75 Å². The SMILES string of the molecule is COc1ccccc1CC(CN)Cc1ccccc1Cl. The molecule has 106 valence electrons. The van der Waals surface area contributed by atoms with Gasteiger partial charge in [-0.25, -0.2) is 0 Å². The van der Waals surface area contributed by atoms with E-state index in [0.29, 0.717) is 12.5 Å². The fourth-order valence-corrected chi connectivity index (χ4v) is 2.61. The lowest BCUT2D eigenvalue weighted by atomic mass is 9.92. The molecule has 3 heteroatoms. The molecule has 2 nitrogen and oxygen atoms in total. The average Bonchev–Trinajstić information content (AvgIpc) is 2.49. The van der Waals surface area contributed by atoms with Gasteiger partial charge in [-0.2, -0.15) is 0 Å². The monoisotopic (exact) mass is 289 g/mol. The molecular formula is C17H20ClNO. The minimum atomic E-state index is 0.353. The average molecular weight is 290 g/mol. The van der Waals surface area contributed by atoms with Crippen molar-refractivity contribution in [2.75, 3.05) is 13.7 Å². The molecule has 2 aromatic carbocycles. The molecule has 0 aliphatic carbocycles. The molecule has 20 heavy (non-hydrogen) atoms. The molecule has 0 bridgehead atoms. The Morgan fingerprint density at radius 2 is 1.60 bits per heavy atom. The standard InChI is InChI=1S/C17H20ClNO/c1-20-17-9-5-3-7-15(17)11-13(12-19)10-14-6-2-4-8-16(14)18/h2-9,13H,10-12,19H2,1H3. The predicted molar refractivity (Wildman–Crippen MR) is 84.4 cm³/mol. The van der Waals surface area contributed by atoms with Crippen molar-refractivity contribution in [1.82, 2.24) is 0 Å². The zero-order valence-electron chi connectivity index (χ0n) is 11.7. The van der Waals surface area contributed by atoms with Gasteiger partial charge < -0.3 is 10.5 Å². The van der Waals surface area contributed by atoms with Crippen LogP contribution in [0.15, 0.2) is 48.5 Å². The zero-order valence-corrected chi connectivity index (χ0v) is 12.4. The van der Waals surface area contributed by atoms with Crippen molar-refractivity contribution < 1.29 is 4.74 Å². The molecule has 1 atom stereocenters. The second-order valence-electron chi connectivity index (χ2n) is 4.91. The van der Waals surface area contributed by atoms with Crippen LogP contribution in [0, 0.1) is 5.92 Å². The van der Waals surface area contributed by atoms with Crippen molar-refractivity contribution in [2.24, 2.45) is 11.7 Å². The largest absolute Gasteiger partial charge is 0.496 e. The van der Waals surface area contributed by atoms with Gasteiger partial charge in [0.25, 0.3) is 0 Å². The van der Waals surface area contributed by atoms with Crippen LogP contribution in [0.1, 0.15) is 11.1 Å². The van der Waals surface area contributed by atoms with E-state index in [-0.39, 0.29) is 0 Å². The van der Waals surface area contributed by atoms with E-state index < -0.39 is 0 Å². The van der Waals surface area contributed by atoms with E-state index >= 15 is 0 Å². The van der Waals surface area contributed by atoms with Crippen molar-refractivity contribution in [3.8, 4) is 5.75 Å². The first-order chi connectivity index (χ1) is 9.74. The third-order valence-electron chi connectivity index (χ3n) is 3.50. The first kappa shape index (κ1) is 14.9. The van der Waals surface area contributed by atoms with E-state index in [1.54, 1.807) is 7.11 Å². The van der Waals surface area contributed by atoms with Gasteiger partial charge in [-0.05, 0) is 48.6 Å². The van der Waals surface area contributed by atoms with Gasteiger partial charge in [0.05, 0.1) is 7.11 Å². The van der Waals surface area contributed by atoms with Crippen LogP contribution in [0.2, 0.25) is 5.02 Å². The summed E-state index contributed by atoms with van der Waals surface area (Å²) < 4.78 is 5.40. The molecule has 0 aliphatic rings. The molecule has 0 spiro atoms.